The zero-order chi connectivity index (χ0) is 43.7. The lowest BCUT2D eigenvalue weighted by atomic mass is 9.71. The van der Waals surface area contributed by atoms with E-state index in [0.717, 1.165) is 0 Å². The van der Waals surface area contributed by atoms with Gasteiger partial charge in [-0.3, -0.25) is 0 Å². The van der Waals surface area contributed by atoms with Crippen LogP contribution in [0.1, 0.15) is 99.9 Å². The molecule has 0 bridgehead atoms. The summed E-state index contributed by atoms with van der Waals surface area (Å²) in [4.78, 5) is 5.06. The van der Waals surface area contributed by atoms with Crippen molar-refractivity contribution in [3.05, 3.63) is 214 Å². The van der Waals surface area contributed by atoms with E-state index in [0.29, 0.717) is 0 Å². The first-order valence-electron chi connectivity index (χ1n) is 23.1. The number of benzene rings is 9. The average Bonchev–Trinajstić information content (AvgIpc) is 3.66. The summed E-state index contributed by atoms with van der Waals surface area (Å²) in [5.41, 5.74) is 23.4. The van der Waals surface area contributed by atoms with Crippen LogP contribution in [-0.4, -0.2) is 0 Å². The van der Waals surface area contributed by atoms with Crippen LogP contribution in [0.25, 0.3) is 43.8 Å². The molecule has 2 heteroatoms. The molecule has 0 unspecified atom stereocenters. The summed E-state index contributed by atoms with van der Waals surface area (Å²) in [5.74, 6) is 0. The van der Waals surface area contributed by atoms with Crippen molar-refractivity contribution in [3.8, 4) is 22.3 Å². The van der Waals surface area contributed by atoms with Gasteiger partial charge in [-0.2, -0.15) is 0 Å². The number of fused-ring (bicyclic) bond motifs is 13. The number of rotatable bonds is 2. The Labute approximate surface area is 377 Å². The number of hydrogen-bond donors (Lipinski definition) is 0. The van der Waals surface area contributed by atoms with E-state index < -0.39 is 0 Å². The molecule has 13 rings (SSSR count). The monoisotopic (exact) mass is 824 g/mol. The van der Waals surface area contributed by atoms with E-state index in [4.69, 9.17) is 0 Å². The third-order valence-corrected chi connectivity index (χ3v) is 16.2. The van der Waals surface area contributed by atoms with Crippen LogP contribution in [0.2, 0.25) is 0 Å². The molecule has 0 saturated carbocycles. The van der Waals surface area contributed by atoms with E-state index in [1.165, 1.54) is 122 Å². The van der Waals surface area contributed by atoms with Crippen molar-refractivity contribution in [2.45, 2.75) is 77.0 Å². The Bertz CT molecular complexity index is 3290. The first kappa shape index (κ1) is 37.6. The fourth-order valence-corrected chi connectivity index (χ4v) is 12.7. The zero-order valence-electron chi connectivity index (χ0n) is 38.1. The summed E-state index contributed by atoms with van der Waals surface area (Å²) in [6.07, 6.45) is 0. The van der Waals surface area contributed by atoms with Crippen LogP contribution in [-0.2, 0) is 21.7 Å². The van der Waals surface area contributed by atoms with Gasteiger partial charge in [0.2, 0.25) is 0 Å². The normalized spacial score (nSPS) is 17.2. The third-order valence-electron chi connectivity index (χ3n) is 16.2. The molecule has 2 aliphatic heterocycles. The lowest BCUT2D eigenvalue weighted by Crippen LogP contribution is -2.31. The minimum absolute atomic E-state index is 0.0660. The van der Waals surface area contributed by atoms with Crippen LogP contribution in [0.4, 0.5) is 34.1 Å². The molecule has 0 N–H and O–H groups in total. The van der Waals surface area contributed by atoms with Gasteiger partial charge in [-0.25, -0.2) is 0 Å². The molecular formula is C62H52N2. The minimum Gasteiger partial charge on any atom is -0.310 e. The highest BCUT2D eigenvalue weighted by molar-refractivity contribution is 6.10. The van der Waals surface area contributed by atoms with E-state index in [1.54, 1.807) is 0 Å². The highest BCUT2D eigenvalue weighted by atomic mass is 15.2. The highest BCUT2D eigenvalue weighted by Crippen LogP contribution is 2.60. The molecule has 0 atom stereocenters. The van der Waals surface area contributed by atoms with Gasteiger partial charge in [0.25, 0.3) is 0 Å². The molecule has 9 aromatic rings. The van der Waals surface area contributed by atoms with Crippen molar-refractivity contribution in [3.63, 3.8) is 0 Å². The van der Waals surface area contributed by atoms with Gasteiger partial charge in [0.05, 0.1) is 22.7 Å². The smallest absolute Gasteiger partial charge is 0.0509 e. The van der Waals surface area contributed by atoms with Crippen LogP contribution >= 0.6 is 0 Å². The van der Waals surface area contributed by atoms with Gasteiger partial charge in [-0.15, -0.1) is 0 Å². The van der Waals surface area contributed by atoms with Gasteiger partial charge in [-0.05, 0) is 137 Å². The van der Waals surface area contributed by atoms with Crippen molar-refractivity contribution in [2.75, 3.05) is 9.80 Å². The molecule has 0 spiro atoms. The zero-order valence-corrected chi connectivity index (χ0v) is 38.1. The van der Waals surface area contributed by atoms with E-state index in [2.05, 4.69) is 235 Å². The molecule has 64 heavy (non-hydrogen) atoms. The van der Waals surface area contributed by atoms with Gasteiger partial charge in [0.1, 0.15) is 0 Å². The molecule has 2 heterocycles. The van der Waals surface area contributed by atoms with Crippen molar-refractivity contribution >= 4 is 55.7 Å². The van der Waals surface area contributed by atoms with Crippen molar-refractivity contribution in [1.82, 2.24) is 0 Å². The second-order valence-corrected chi connectivity index (χ2v) is 21.0. The fourth-order valence-electron chi connectivity index (χ4n) is 12.7. The summed E-state index contributed by atoms with van der Waals surface area (Å²) in [6, 6.07) is 65.0. The summed E-state index contributed by atoms with van der Waals surface area (Å²) >= 11 is 0. The predicted octanol–water partition coefficient (Wildman–Crippen LogP) is 16.8. The fraction of sp³-hybridized carbons (Fsp3) is 0.194. The second kappa shape index (κ2) is 12.4. The maximum Gasteiger partial charge on any atom is 0.0509 e. The molecule has 0 amide bonds. The van der Waals surface area contributed by atoms with Crippen molar-refractivity contribution < 1.29 is 0 Å². The first-order chi connectivity index (χ1) is 30.8. The van der Waals surface area contributed by atoms with E-state index in [-0.39, 0.29) is 21.7 Å². The van der Waals surface area contributed by atoms with Gasteiger partial charge < -0.3 is 9.80 Å². The Morgan fingerprint density at radius 2 is 0.625 bits per heavy atom. The molecule has 2 nitrogen and oxygen atoms in total. The van der Waals surface area contributed by atoms with E-state index in [1.807, 2.05) is 0 Å². The maximum atomic E-state index is 2.53. The Morgan fingerprint density at radius 3 is 1.05 bits per heavy atom. The third kappa shape index (κ3) is 4.76. The van der Waals surface area contributed by atoms with Crippen molar-refractivity contribution in [2.24, 2.45) is 0 Å². The largest absolute Gasteiger partial charge is 0.310 e. The summed E-state index contributed by atoms with van der Waals surface area (Å²) < 4.78 is 0. The molecule has 2 aliphatic carbocycles. The van der Waals surface area contributed by atoms with Gasteiger partial charge >= 0.3 is 0 Å². The molecule has 9 aromatic carbocycles. The highest BCUT2D eigenvalue weighted by Gasteiger charge is 2.44. The Balaban J connectivity index is 0.957. The van der Waals surface area contributed by atoms with Crippen LogP contribution in [0, 0.1) is 0 Å². The van der Waals surface area contributed by atoms with Gasteiger partial charge in [0, 0.05) is 33.0 Å². The van der Waals surface area contributed by atoms with Crippen molar-refractivity contribution in [1.29, 1.82) is 0 Å². The molecular weight excluding hydrogens is 773 g/mol. The van der Waals surface area contributed by atoms with Crippen LogP contribution in [0.5, 0.6) is 0 Å². The van der Waals surface area contributed by atoms with Crippen LogP contribution in [0.3, 0.4) is 0 Å². The summed E-state index contributed by atoms with van der Waals surface area (Å²) in [6.45, 7) is 19.2. The first-order valence-corrected chi connectivity index (χ1v) is 23.1. The summed E-state index contributed by atoms with van der Waals surface area (Å²) in [5, 5.41) is 5.00. The van der Waals surface area contributed by atoms with Crippen LogP contribution in [0.15, 0.2) is 170 Å². The topological polar surface area (TPSA) is 6.48 Å². The predicted molar refractivity (Wildman–Crippen MR) is 270 cm³/mol. The number of anilines is 6. The molecule has 0 fully saturated rings. The summed E-state index contributed by atoms with van der Waals surface area (Å²) in [7, 11) is 0. The van der Waals surface area contributed by atoms with E-state index >= 15 is 0 Å². The van der Waals surface area contributed by atoms with E-state index in [9.17, 15) is 0 Å². The molecule has 0 saturated heterocycles. The van der Waals surface area contributed by atoms with Gasteiger partial charge in [0.15, 0.2) is 0 Å². The molecule has 0 radical (unpaired) electrons. The quantitative estimate of drug-likeness (QED) is 0.160. The maximum absolute atomic E-state index is 2.53. The lowest BCUT2D eigenvalue weighted by Gasteiger charge is -2.43. The average molecular weight is 825 g/mol. The Kier molecular flexibility index (Phi) is 7.30. The van der Waals surface area contributed by atoms with Crippen LogP contribution < -0.4 is 9.80 Å². The lowest BCUT2D eigenvalue weighted by molar-refractivity contribution is 0.619. The number of hydrogen-bond acceptors (Lipinski definition) is 2. The Morgan fingerprint density at radius 1 is 0.266 bits per heavy atom. The minimum atomic E-state index is -0.167. The Hall–Kier alpha value is -6.90. The molecule has 310 valence electrons. The number of para-hydroxylation sites is 2. The number of nitrogens with zero attached hydrogens (tertiary/aromatic N) is 2. The standard InChI is InChI=1S/C62H52N2/c1-59(2)47-19-11-9-17-43(47)45-33-57-53(35-51(45)59)61(5,6)49-21-13-15-23-55(49)63(57)39-27-29-41-37(31-39)25-26-38-32-40(28-30-42(38)41)64-56-24-16-14-22-50(56)62(7,8)54-36-52-46(34-58(54)64)44-18-10-12-20-48(44)60(52,3)4/h9-36H,1-8H3. The molecule has 4 aliphatic rings. The van der Waals surface area contributed by atoms with Gasteiger partial charge in [-0.1, -0.05) is 177 Å². The molecule has 0 aromatic heterocycles. The second-order valence-electron chi connectivity index (χ2n) is 21.0. The SMILES string of the molecule is CC1(C)c2ccccc2-c2cc3c(cc21)C(C)(C)c1ccccc1N3c1ccc2c(ccc3cc(N4c5ccccc5C(C)(C)c5cc6c(cc54)-c4ccccc4C6(C)C)ccc32)c1.